The molecule has 0 aromatic rings. The van der Waals surface area contributed by atoms with Gasteiger partial charge < -0.3 is 10.6 Å². The van der Waals surface area contributed by atoms with Crippen LogP contribution < -0.4 is 10.6 Å². The van der Waals surface area contributed by atoms with Crippen molar-refractivity contribution in [3.8, 4) is 0 Å². The largest absolute Gasteiger partial charge is 0.338 e. The van der Waals surface area contributed by atoms with Crippen molar-refractivity contribution in [2.24, 2.45) is 0 Å². The van der Waals surface area contributed by atoms with Crippen LogP contribution in [0.25, 0.3) is 0 Å². The van der Waals surface area contributed by atoms with E-state index in [0.717, 1.165) is 0 Å². The van der Waals surface area contributed by atoms with Gasteiger partial charge in [-0.2, -0.15) is 0 Å². The van der Waals surface area contributed by atoms with Crippen molar-refractivity contribution >= 4 is 15.9 Å². The number of hydrogen-bond acceptors (Lipinski definition) is 3. The molecule has 0 aliphatic heterocycles. The minimum atomic E-state index is -2.99. The number of urea groups is 1. The van der Waals surface area contributed by atoms with Crippen LogP contribution in [0.3, 0.4) is 0 Å². The van der Waals surface area contributed by atoms with Crippen LogP contribution in [0, 0.1) is 0 Å². The average Bonchev–Trinajstić information content (AvgIpc) is 2.14. The van der Waals surface area contributed by atoms with E-state index in [1.165, 1.54) is 6.26 Å². The van der Waals surface area contributed by atoms with Crippen molar-refractivity contribution in [3.05, 3.63) is 12.7 Å². The molecule has 5 nitrogen and oxygen atoms in total. The Morgan fingerprint density at radius 3 is 2.56 bits per heavy atom. The van der Waals surface area contributed by atoms with E-state index in [9.17, 15) is 13.2 Å². The third-order valence-corrected chi connectivity index (χ3v) is 2.94. The van der Waals surface area contributed by atoms with Crippen LogP contribution in [-0.4, -0.2) is 39.0 Å². The molecule has 0 fully saturated rings. The van der Waals surface area contributed by atoms with Gasteiger partial charge in [0.25, 0.3) is 0 Å². The van der Waals surface area contributed by atoms with Gasteiger partial charge in [-0.25, -0.2) is 13.2 Å². The maximum absolute atomic E-state index is 11.2. The van der Waals surface area contributed by atoms with Gasteiger partial charge in [0, 0.05) is 18.8 Å². The summed E-state index contributed by atoms with van der Waals surface area (Å²) in [6, 6.07) is -0.457. The number of nitrogens with one attached hydrogen (secondary N) is 2. The van der Waals surface area contributed by atoms with Gasteiger partial charge in [0.1, 0.15) is 9.84 Å². The van der Waals surface area contributed by atoms with Crippen LogP contribution in [0.15, 0.2) is 12.7 Å². The van der Waals surface area contributed by atoms with Gasteiger partial charge >= 0.3 is 6.03 Å². The second-order valence-corrected chi connectivity index (χ2v) is 5.90. The zero-order valence-corrected chi connectivity index (χ0v) is 10.6. The van der Waals surface area contributed by atoms with Crippen molar-refractivity contribution in [1.29, 1.82) is 0 Å². The monoisotopic (exact) mass is 248 g/mol. The first-order valence-electron chi connectivity index (χ1n) is 5.22. The van der Waals surface area contributed by atoms with E-state index in [0.29, 0.717) is 19.4 Å². The van der Waals surface area contributed by atoms with Gasteiger partial charge in [0.15, 0.2) is 0 Å². The maximum Gasteiger partial charge on any atom is 0.315 e. The SMILES string of the molecule is C=CC[C@H](CCS(C)(=O)=O)NC(=O)NCC. The van der Waals surface area contributed by atoms with E-state index in [1.54, 1.807) is 6.08 Å². The molecule has 0 aliphatic rings. The molecular formula is C10H20N2O3S. The molecule has 2 amide bonds. The van der Waals surface area contributed by atoms with E-state index in [2.05, 4.69) is 17.2 Å². The lowest BCUT2D eigenvalue weighted by atomic mass is 10.1. The van der Waals surface area contributed by atoms with E-state index in [-0.39, 0.29) is 17.8 Å². The van der Waals surface area contributed by atoms with Crippen molar-refractivity contribution in [2.75, 3.05) is 18.6 Å². The van der Waals surface area contributed by atoms with Crippen LogP contribution in [0.2, 0.25) is 0 Å². The third kappa shape index (κ3) is 8.28. The standard InChI is InChI=1S/C10H20N2O3S/c1-4-6-9(7-8-16(3,14)15)12-10(13)11-5-2/h4,9H,1,5-8H2,2-3H3,(H2,11,12,13)/t9-/m1/s1. The molecule has 0 aromatic carbocycles. The van der Waals surface area contributed by atoms with Crippen molar-refractivity contribution in [2.45, 2.75) is 25.8 Å². The molecule has 94 valence electrons. The van der Waals surface area contributed by atoms with Crippen LogP contribution in [0.5, 0.6) is 0 Å². The first kappa shape index (κ1) is 15.0. The van der Waals surface area contributed by atoms with Crippen molar-refractivity contribution in [1.82, 2.24) is 10.6 Å². The second kappa shape index (κ2) is 7.27. The summed E-state index contributed by atoms with van der Waals surface area (Å²) in [7, 11) is -2.99. The number of carbonyl (C=O) groups excluding carboxylic acids is 1. The first-order valence-corrected chi connectivity index (χ1v) is 7.28. The highest BCUT2D eigenvalue weighted by Gasteiger charge is 2.13. The van der Waals surface area contributed by atoms with Crippen molar-refractivity contribution < 1.29 is 13.2 Å². The number of sulfone groups is 1. The Labute approximate surface area is 97.2 Å². The predicted octanol–water partition coefficient (Wildman–Crippen LogP) is 0.685. The molecule has 0 rings (SSSR count). The number of amides is 2. The zero-order chi connectivity index (χ0) is 12.6. The summed E-state index contributed by atoms with van der Waals surface area (Å²) in [5, 5.41) is 5.30. The van der Waals surface area contributed by atoms with Gasteiger partial charge in [0.2, 0.25) is 0 Å². The molecule has 0 saturated heterocycles. The first-order chi connectivity index (χ1) is 7.39. The topological polar surface area (TPSA) is 75.3 Å². The summed E-state index contributed by atoms with van der Waals surface area (Å²) in [5.74, 6) is 0.0674. The minimum Gasteiger partial charge on any atom is -0.338 e. The summed E-state index contributed by atoms with van der Waals surface area (Å²) < 4.78 is 22.0. The molecule has 1 atom stereocenters. The Morgan fingerprint density at radius 1 is 1.50 bits per heavy atom. The van der Waals surface area contributed by atoms with E-state index >= 15 is 0 Å². The average molecular weight is 248 g/mol. The lowest BCUT2D eigenvalue weighted by molar-refractivity contribution is 0.237. The van der Waals surface area contributed by atoms with Crippen LogP contribution in [0.1, 0.15) is 19.8 Å². The fraction of sp³-hybridized carbons (Fsp3) is 0.700. The van der Waals surface area contributed by atoms with Gasteiger partial charge in [-0.3, -0.25) is 0 Å². The molecule has 6 heteroatoms. The molecular weight excluding hydrogens is 228 g/mol. The van der Waals surface area contributed by atoms with Gasteiger partial charge in [-0.1, -0.05) is 6.08 Å². The Balaban J connectivity index is 4.16. The summed E-state index contributed by atoms with van der Waals surface area (Å²) in [6.45, 7) is 5.94. The smallest absolute Gasteiger partial charge is 0.315 e. The summed E-state index contributed by atoms with van der Waals surface area (Å²) in [6.07, 6.45) is 3.82. The summed E-state index contributed by atoms with van der Waals surface area (Å²) >= 11 is 0. The van der Waals surface area contributed by atoms with E-state index in [1.807, 2.05) is 6.92 Å². The van der Waals surface area contributed by atoms with Crippen LogP contribution in [0.4, 0.5) is 4.79 Å². The summed E-state index contributed by atoms with van der Waals surface area (Å²) in [4.78, 5) is 11.2. The number of carbonyl (C=O) groups is 1. The maximum atomic E-state index is 11.2. The Bertz CT molecular complexity index is 325. The molecule has 0 radical (unpaired) electrons. The molecule has 2 N–H and O–H groups in total. The van der Waals surface area contributed by atoms with Crippen molar-refractivity contribution in [3.63, 3.8) is 0 Å². The minimum absolute atomic E-state index is 0.0674. The molecule has 0 unspecified atom stereocenters. The Morgan fingerprint density at radius 2 is 2.12 bits per heavy atom. The highest BCUT2D eigenvalue weighted by atomic mass is 32.2. The molecule has 16 heavy (non-hydrogen) atoms. The third-order valence-electron chi connectivity index (χ3n) is 1.96. The fourth-order valence-electron chi connectivity index (χ4n) is 1.20. The molecule has 0 bridgehead atoms. The van der Waals surface area contributed by atoms with Gasteiger partial charge in [0.05, 0.1) is 5.75 Å². The van der Waals surface area contributed by atoms with E-state index < -0.39 is 9.84 Å². The quantitative estimate of drug-likeness (QED) is 0.651. The molecule has 0 saturated carbocycles. The fourth-order valence-corrected chi connectivity index (χ4v) is 1.92. The van der Waals surface area contributed by atoms with E-state index in [4.69, 9.17) is 0 Å². The normalized spacial score (nSPS) is 12.9. The van der Waals surface area contributed by atoms with Crippen LogP contribution >= 0.6 is 0 Å². The van der Waals surface area contributed by atoms with Crippen LogP contribution in [-0.2, 0) is 9.84 Å². The number of rotatable bonds is 7. The Hall–Kier alpha value is -1.04. The lowest BCUT2D eigenvalue weighted by Gasteiger charge is -2.16. The molecule has 0 spiro atoms. The van der Waals surface area contributed by atoms with Gasteiger partial charge in [-0.15, -0.1) is 6.58 Å². The molecule has 0 aliphatic carbocycles. The predicted molar refractivity (Wildman–Crippen MR) is 65.1 cm³/mol. The molecule has 0 heterocycles. The summed E-state index contributed by atoms with van der Waals surface area (Å²) in [5.41, 5.74) is 0. The van der Waals surface area contributed by atoms with Gasteiger partial charge in [-0.05, 0) is 19.8 Å². The second-order valence-electron chi connectivity index (χ2n) is 3.64. The Kier molecular flexibility index (Phi) is 6.80. The highest BCUT2D eigenvalue weighted by Crippen LogP contribution is 2.01. The number of hydrogen-bond donors (Lipinski definition) is 2. The highest BCUT2D eigenvalue weighted by molar-refractivity contribution is 7.90. The molecule has 0 aromatic heterocycles. The lowest BCUT2D eigenvalue weighted by Crippen LogP contribution is -2.42. The zero-order valence-electron chi connectivity index (χ0n) is 9.82.